The summed E-state index contributed by atoms with van der Waals surface area (Å²) in [7, 11) is 1.60. The summed E-state index contributed by atoms with van der Waals surface area (Å²) in [6.07, 6.45) is 5.58. The van der Waals surface area contributed by atoms with Crippen LogP contribution in [0.25, 0.3) is 17.0 Å². The van der Waals surface area contributed by atoms with Crippen LogP contribution in [0.1, 0.15) is 48.2 Å². The topological polar surface area (TPSA) is 57.5 Å². The zero-order chi connectivity index (χ0) is 22.4. The number of unbranched alkanes of at least 4 members (excludes halogenated alkanes) is 1. The van der Waals surface area contributed by atoms with E-state index in [0.717, 1.165) is 29.5 Å². The molecule has 2 aromatic carbocycles. The number of rotatable bonds is 8. The summed E-state index contributed by atoms with van der Waals surface area (Å²) in [6.45, 7) is 4.27. The molecule has 5 nitrogen and oxygen atoms in total. The number of ether oxygens (including phenoxy) is 2. The molecule has 0 unspecified atom stereocenters. The van der Waals surface area contributed by atoms with Gasteiger partial charge in [0, 0.05) is 16.0 Å². The number of esters is 1. The molecule has 0 aliphatic carbocycles. The molecule has 0 saturated carbocycles. The molecular formula is C25H26ClNO4. The molecule has 31 heavy (non-hydrogen) atoms. The molecule has 0 aliphatic rings. The van der Waals surface area contributed by atoms with Gasteiger partial charge in [-0.25, -0.2) is 4.79 Å². The van der Waals surface area contributed by atoms with Crippen molar-refractivity contribution in [2.75, 3.05) is 13.7 Å². The minimum Gasteiger partial charge on any atom is -0.497 e. The molecule has 0 amide bonds. The average molecular weight is 440 g/mol. The number of carbonyl (C=O) groups excluding carboxylic acids is 1. The smallest absolute Gasteiger partial charge is 0.344 e. The van der Waals surface area contributed by atoms with Gasteiger partial charge in [-0.2, -0.15) is 0 Å². The number of methoxy groups -OCH3 is 1. The van der Waals surface area contributed by atoms with Crippen molar-refractivity contribution in [3.8, 4) is 5.75 Å². The fourth-order valence-corrected chi connectivity index (χ4v) is 3.64. The van der Waals surface area contributed by atoms with Gasteiger partial charge in [0.1, 0.15) is 11.3 Å². The van der Waals surface area contributed by atoms with Crippen LogP contribution in [0.4, 0.5) is 0 Å². The summed E-state index contributed by atoms with van der Waals surface area (Å²) in [5.41, 5.74) is 1.79. The van der Waals surface area contributed by atoms with Crippen molar-refractivity contribution in [1.82, 2.24) is 4.57 Å². The van der Waals surface area contributed by atoms with Crippen LogP contribution in [-0.2, 0) is 11.3 Å². The number of benzene rings is 2. The van der Waals surface area contributed by atoms with Crippen LogP contribution >= 0.6 is 11.6 Å². The van der Waals surface area contributed by atoms with Gasteiger partial charge in [-0.05, 0) is 49.2 Å². The zero-order valence-corrected chi connectivity index (χ0v) is 18.7. The fourth-order valence-electron chi connectivity index (χ4n) is 3.47. The van der Waals surface area contributed by atoms with Gasteiger partial charge < -0.3 is 14.0 Å². The lowest BCUT2D eigenvalue weighted by Crippen LogP contribution is -2.29. The Kier molecular flexibility index (Phi) is 7.53. The van der Waals surface area contributed by atoms with E-state index in [0.29, 0.717) is 22.6 Å². The second-order valence-corrected chi connectivity index (χ2v) is 7.54. The van der Waals surface area contributed by atoms with E-state index in [2.05, 4.69) is 6.92 Å². The summed E-state index contributed by atoms with van der Waals surface area (Å²) in [5.74, 6) is 0.102. The van der Waals surface area contributed by atoms with E-state index in [4.69, 9.17) is 21.1 Å². The lowest BCUT2D eigenvalue weighted by Gasteiger charge is -2.16. The number of hydrogen-bond acceptors (Lipinski definition) is 4. The number of hydrogen-bond donors (Lipinski definition) is 0. The van der Waals surface area contributed by atoms with Crippen molar-refractivity contribution < 1.29 is 14.3 Å². The summed E-state index contributed by atoms with van der Waals surface area (Å²) in [6, 6.07) is 12.8. The first-order valence-corrected chi connectivity index (χ1v) is 10.7. The number of nitrogens with zero attached hydrogens (tertiary/aromatic N) is 1. The molecule has 6 heteroatoms. The van der Waals surface area contributed by atoms with E-state index in [1.165, 1.54) is 0 Å². The summed E-state index contributed by atoms with van der Waals surface area (Å²) in [4.78, 5) is 26.4. The van der Waals surface area contributed by atoms with E-state index in [-0.39, 0.29) is 17.7 Å². The second-order valence-electron chi connectivity index (χ2n) is 7.10. The number of pyridine rings is 1. The average Bonchev–Trinajstić information content (AvgIpc) is 2.77. The molecule has 1 aromatic heterocycles. The molecule has 1 heterocycles. The highest BCUT2D eigenvalue weighted by atomic mass is 35.5. The third-order valence-corrected chi connectivity index (χ3v) is 5.22. The molecule has 0 saturated heterocycles. The van der Waals surface area contributed by atoms with Crippen LogP contribution in [0.3, 0.4) is 0 Å². The predicted molar refractivity (Wildman–Crippen MR) is 125 cm³/mol. The molecule has 3 rings (SSSR count). The first kappa shape index (κ1) is 22.6. The molecular weight excluding hydrogens is 414 g/mol. The van der Waals surface area contributed by atoms with Gasteiger partial charge in [0.2, 0.25) is 0 Å². The quantitative estimate of drug-likeness (QED) is 0.422. The van der Waals surface area contributed by atoms with Crippen LogP contribution in [0.5, 0.6) is 5.75 Å². The molecule has 0 aliphatic heterocycles. The highest BCUT2D eigenvalue weighted by Gasteiger charge is 2.22. The molecule has 0 fully saturated rings. The highest BCUT2D eigenvalue weighted by Crippen LogP contribution is 2.27. The Hall–Kier alpha value is -3.05. The van der Waals surface area contributed by atoms with Gasteiger partial charge >= 0.3 is 5.97 Å². The van der Waals surface area contributed by atoms with E-state index in [9.17, 15) is 9.59 Å². The number of fused-ring (bicyclic) bond motifs is 1. The van der Waals surface area contributed by atoms with Crippen molar-refractivity contribution in [1.29, 1.82) is 0 Å². The number of aromatic nitrogens is 1. The standard InChI is InChI=1S/C25H26ClNO4/c1-4-6-7-8-20-21-15-18(26)11-14-22(21)27(24(28)23(20)25(29)31-5-2)16-17-9-12-19(30-3)13-10-17/h7-15H,4-6,16H2,1-3H3/b8-7+. The minimum atomic E-state index is -0.631. The van der Waals surface area contributed by atoms with Crippen LogP contribution < -0.4 is 10.3 Å². The summed E-state index contributed by atoms with van der Waals surface area (Å²) in [5, 5.41) is 1.26. The SMILES string of the molecule is CCC/C=C/c1c(C(=O)OCC)c(=O)n(Cc2ccc(OC)cc2)c2ccc(Cl)cc12. The lowest BCUT2D eigenvalue weighted by atomic mass is 10.0. The second kappa shape index (κ2) is 10.3. The third kappa shape index (κ3) is 5.00. The van der Waals surface area contributed by atoms with Gasteiger partial charge in [-0.1, -0.05) is 49.2 Å². The minimum absolute atomic E-state index is 0.0254. The number of halogens is 1. The van der Waals surface area contributed by atoms with Crippen molar-refractivity contribution in [3.63, 3.8) is 0 Å². The third-order valence-electron chi connectivity index (χ3n) is 4.99. The molecule has 162 valence electrons. The predicted octanol–water partition coefficient (Wildman–Crippen LogP) is 5.70. The van der Waals surface area contributed by atoms with Gasteiger partial charge in [-0.15, -0.1) is 0 Å². The molecule has 0 atom stereocenters. The number of carbonyl (C=O) groups is 1. The molecule has 0 spiro atoms. The Morgan fingerprint density at radius 1 is 1.13 bits per heavy atom. The molecule has 3 aromatic rings. The highest BCUT2D eigenvalue weighted by molar-refractivity contribution is 6.31. The van der Waals surface area contributed by atoms with Crippen molar-refractivity contribution in [2.24, 2.45) is 0 Å². The Morgan fingerprint density at radius 2 is 1.87 bits per heavy atom. The Balaban J connectivity index is 2.28. The van der Waals surface area contributed by atoms with E-state index < -0.39 is 5.97 Å². The number of allylic oxidation sites excluding steroid dienone is 1. The van der Waals surface area contributed by atoms with Crippen molar-refractivity contribution >= 4 is 34.5 Å². The lowest BCUT2D eigenvalue weighted by molar-refractivity contribution is 0.0523. The van der Waals surface area contributed by atoms with Crippen molar-refractivity contribution in [3.05, 3.63) is 80.6 Å². The van der Waals surface area contributed by atoms with E-state index in [1.54, 1.807) is 30.7 Å². The van der Waals surface area contributed by atoms with Crippen molar-refractivity contribution in [2.45, 2.75) is 33.2 Å². The van der Waals surface area contributed by atoms with E-state index in [1.807, 2.05) is 42.5 Å². The Labute approximate surface area is 186 Å². The van der Waals surface area contributed by atoms with Crippen LogP contribution in [0, 0.1) is 0 Å². The summed E-state index contributed by atoms with van der Waals surface area (Å²) >= 11 is 6.29. The maximum Gasteiger partial charge on any atom is 0.344 e. The van der Waals surface area contributed by atoms with Crippen LogP contribution in [0.15, 0.2) is 53.3 Å². The fraction of sp³-hybridized carbons (Fsp3) is 0.280. The monoisotopic (exact) mass is 439 g/mol. The van der Waals surface area contributed by atoms with Gasteiger partial charge in [0.15, 0.2) is 0 Å². The Bertz CT molecular complexity index is 1160. The van der Waals surface area contributed by atoms with Gasteiger partial charge in [0.05, 0.1) is 25.8 Å². The normalized spacial score (nSPS) is 11.2. The first-order chi connectivity index (χ1) is 15.0. The van der Waals surface area contributed by atoms with Crippen LogP contribution in [0.2, 0.25) is 5.02 Å². The summed E-state index contributed by atoms with van der Waals surface area (Å²) < 4.78 is 12.0. The zero-order valence-electron chi connectivity index (χ0n) is 18.0. The molecule has 0 N–H and O–H groups in total. The maximum absolute atomic E-state index is 13.5. The first-order valence-electron chi connectivity index (χ1n) is 10.3. The van der Waals surface area contributed by atoms with Gasteiger partial charge in [-0.3, -0.25) is 4.79 Å². The molecule has 0 bridgehead atoms. The van der Waals surface area contributed by atoms with Gasteiger partial charge in [0.25, 0.3) is 5.56 Å². The van der Waals surface area contributed by atoms with Crippen LogP contribution in [-0.4, -0.2) is 24.3 Å². The largest absolute Gasteiger partial charge is 0.497 e. The molecule has 0 radical (unpaired) electrons. The van der Waals surface area contributed by atoms with E-state index >= 15 is 0 Å². The maximum atomic E-state index is 13.5. The Morgan fingerprint density at radius 3 is 2.52 bits per heavy atom.